The number of nitrogens with one attached hydrogen (secondary N) is 1. The number of amides is 2. The monoisotopic (exact) mass is 582 g/mol. The van der Waals surface area contributed by atoms with Crippen LogP contribution in [0, 0.1) is 17.3 Å². The number of rotatable bonds is 9. The molecule has 9 heteroatoms. The summed E-state index contributed by atoms with van der Waals surface area (Å²) in [7, 11) is 3.67. The second-order valence-corrected chi connectivity index (χ2v) is 13.4. The molecule has 0 bridgehead atoms. The molecule has 2 heterocycles. The minimum atomic E-state index is -0.292. The van der Waals surface area contributed by atoms with Crippen molar-refractivity contribution >= 4 is 23.4 Å². The van der Waals surface area contributed by atoms with Gasteiger partial charge in [-0.25, -0.2) is 4.98 Å². The maximum Gasteiger partial charge on any atom is 0.240 e. The third-order valence-corrected chi connectivity index (χ3v) is 10.3. The summed E-state index contributed by atoms with van der Waals surface area (Å²) < 4.78 is 2.01. The molecule has 2 aliphatic carbocycles. The summed E-state index contributed by atoms with van der Waals surface area (Å²) in [6, 6.07) is 7.81. The molecule has 3 fully saturated rings. The molecule has 1 saturated heterocycles. The van der Waals surface area contributed by atoms with Gasteiger partial charge >= 0.3 is 0 Å². The maximum absolute atomic E-state index is 14.2. The van der Waals surface area contributed by atoms with Gasteiger partial charge in [-0.2, -0.15) is 5.10 Å². The van der Waals surface area contributed by atoms with Crippen molar-refractivity contribution < 1.29 is 9.59 Å². The molecular weight excluding hydrogens is 536 g/mol. The predicted molar refractivity (Wildman–Crippen MR) is 161 cm³/mol. The molecule has 1 atom stereocenters. The van der Waals surface area contributed by atoms with Gasteiger partial charge in [-0.05, 0) is 86.8 Å². The van der Waals surface area contributed by atoms with E-state index in [1.54, 1.807) is 11.2 Å². The van der Waals surface area contributed by atoms with E-state index in [1.807, 2.05) is 49.4 Å². The van der Waals surface area contributed by atoms with Crippen molar-refractivity contribution in [2.24, 2.45) is 17.3 Å². The van der Waals surface area contributed by atoms with E-state index in [-0.39, 0.29) is 35.2 Å². The predicted octanol–water partition coefficient (Wildman–Crippen LogP) is 4.97. The van der Waals surface area contributed by atoms with Gasteiger partial charge in [0.15, 0.2) is 0 Å². The standard InChI is InChI=1S/C32H47ClN6O2/c1-37(2)30(40)25-10-14-28(15-11-25)36-29(20-24-8-12-27(33)13-9-24)31(41)38-18-16-32(17-19-38,21-39-23-34-22-35-39)26-6-4-3-5-7-26/h8-9,12-13,22-23,25-26,28-29,36H,3-7,10-11,14-21H2,1-2H3/t25?,28?,29-/m1/s1. The number of hydrogen-bond donors (Lipinski definition) is 1. The van der Waals surface area contributed by atoms with Gasteiger partial charge in [0.25, 0.3) is 0 Å². The molecule has 41 heavy (non-hydrogen) atoms. The van der Waals surface area contributed by atoms with Crippen LogP contribution < -0.4 is 5.32 Å². The molecule has 0 radical (unpaired) electrons. The first-order chi connectivity index (χ1) is 19.8. The van der Waals surface area contributed by atoms with Gasteiger partial charge in [-0.3, -0.25) is 14.3 Å². The zero-order chi connectivity index (χ0) is 28.8. The second kappa shape index (κ2) is 13.7. The van der Waals surface area contributed by atoms with Gasteiger partial charge in [0, 0.05) is 50.7 Å². The van der Waals surface area contributed by atoms with E-state index < -0.39 is 0 Å². The fourth-order valence-electron chi connectivity index (χ4n) is 7.67. The Morgan fingerprint density at radius 1 is 1.02 bits per heavy atom. The summed E-state index contributed by atoms with van der Waals surface area (Å²) in [6.45, 7) is 2.46. The van der Waals surface area contributed by atoms with Crippen LogP contribution >= 0.6 is 11.6 Å². The highest BCUT2D eigenvalue weighted by Gasteiger charge is 2.44. The first kappa shape index (κ1) is 30.0. The molecule has 3 aliphatic rings. The highest BCUT2D eigenvalue weighted by atomic mass is 35.5. The summed E-state index contributed by atoms with van der Waals surface area (Å²) in [4.78, 5) is 34.7. The summed E-state index contributed by atoms with van der Waals surface area (Å²) in [5.74, 6) is 1.19. The SMILES string of the molecule is CN(C)C(=O)C1CCC(N[C@H](Cc2ccc(Cl)cc2)C(=O)N2CCC(Cn3cncn3)(C3CCCCC3)CC2)CC1. The molecule has 224 valence electrons. The average Bonchev–Trinajstić information content (AvgIpc) is 3.51. The molecule has 0 spiro atoms. The van der Waals surface area contributed by atoms with Gasteiger partial charge in [0.2, 0.25) is 11.8 Å². The minimum absolute atomic E-state index is 0.0912. The van der Waals surface area contributed by atoms with Crippen LogP contribution in [-0.2, 0) is 22.6 Å². The topological polar surface area (TPSA) is 83.4 Å². The lowest BCUT2D eigenvalue weighted by Gasteiger charge is -2.48. The van der Waals surface area contributed by atoms with Gasteiger partial charge in [-0.15, -0.1) is 0 Å². The lowest BCUT2D eigenvalue weighted by atomic mass is 9.63. The van der Waals surface area contributed by atoms with E-state index in [9.17, 15) is 9.59 Å². The Hall–Kier alpha value is -2.45. The van der Waals surface area contributed by atoms with Crippen LogP contribution in [0.15, 0.2) is 36.9 Å². The molecule has 1 aliphatic heterocycles. The molecule has 2 amide bonds. The van der Waals surface area contributed by atoms with E-state index in [1.165, 1.54) is 32.1 Å². The molecule has 2 aromatic rings. The first-order valence-electron chi connectivity index (χ1n) is 15.7. The Kier molecular flexibility index (Phi) is 10.0. The van der Waals surface area contributed by atoms with Crippen LogP contribution in [0.1, 0.15) is 76.2 Å². The van der Waals surface area contributed by atoms with Crippen molar-refractivity contribution in [1.82, 2.24) is 29.9 Å². The number of halogens is 1. The third-order valence-electron chi connectivity index (χ3n) is 10.1. The molecule has 2 saturated carbocycles. The van der Waals surface area contributed by atoms with Crippen molar-refractivity contribution in [3.8, 4) is 0 Å². The Bertz CT molecular complexity index is 1120. The van der Waals surface area contributed by atoms with Gasteiger partial charge in [0.05, 0.1) is 6.04 Å². The fourth-order valence-corrected chi connectivity index (χ4v) is 7.80. The number of aromatic nitrogens is 3. The second-order valence-electron chi connectivity index (χ2n) is 12.9. The first-order valence-corrected chi connectivity index (χ1v) is 16.0. The number of likely N-dealkylation sites (tertiary alicyclic amines) is 1. The summed E-state index contributed by atoms with van der Waals surface area (Å²) >= 11 is 6.16. The number of carbonyl (C=O) groups excluding carboxylic acids is 2. The van der Waals surface area contributed by atoms with Crippen molar-refractivity contribution in [2.75, 3.05) is 27.2 Å². The fraction of sp³-hybridized carbons (Fsp3) is 0.688. The van der Waals surface area contributed by atoms with E-state index in [2.05, 4.69) is 20.3 Å². The van der Waals surface area contributed by atoms with Crippen molar-refractivity contribution in [1.29, 1.82) is 0 Å². The van der Waals surface area contributed by atoms with Crippen molar-refractivity contribution in [3.05, 3.63) is 47.5 Å². The Morgan fingerprint density at radius 2 is 1.71 bits per heavy atom. The summed E-state index contributed by atoms with van der Waals surface area (Å²) in [6.07, 6.45) is 16.2. The lowest BCUT2D eigenvalue weighted by Crippen LogP contribution is -2.55. The zero-order valence-corrected chi connectivity index (χ0v) is 25.6. The summed E-state index contributed by atoms with van der Waals surface area (Å²) in [5, 5.41) is 8.92. The molecule has 5 rings (SSSR count). The Morgan fingerprint density at radius 3 is 2.32 bits per heavy atom. The molecule has 1 aromatic heterocycles. The van der Waals surface area contributed by atoms with Crippen LogP contribution in [0.4, 0.5) is 0 Å². The molecule has 1 N–H and O–H groups in total. The zero-order valence-electron chi connectivity index (χ0n) is 24.8. The van der Waals surface area contributed by atoms with Crippen LogP contribution in [0.5, 0.6) is 0 Å². The number of benzene rings is 1. The van der Waals surface area contributed by atoms with Gasteiger partial charge < -0.3 is 15.1 Å². The van der Waals surface area contributed by atoms with E-state index >= 15 is 0 Å². The lowest BCUT2D eigenvalue weighted by molar-refractivity contribution is -0.138. The molecule has 8 nitrogen and oxygen atoms in total. The van der Waals surface area contributed by atoms with E-state index in [4.69, 9.17) is 11.6 Å². The Labute approximate surface area is 250 Å². The van der Waals surface area contributed by atoms with Crippen LogP contribution in [-0.4, -0.2) is 75.6 Å². The molecule has 1 aromatic carbocycles. The largest absolute Gasteiger partial charge is 0.349 e. The highest BCUT2D eigenvalue weighted by Crippen LogP contribution is 2.47. The maximum atomic E-state index is 14.2. The van der Waals surface area contributed by atoms with E-state index in [0.29, 0.717) is 17.4 Å². The normalized spacial score (nSPS) is 24.1. The molecular formula is C32H47ClN6O2. The number of hydrogen-bond acceptors (Lipinski definition) is 5. The Balaban J connectivity index is 1.26. The number of nitrogens with zero attached hydrogens (tertiary/aromatic N) is 5. The number of piperidine rings is 1. The smallest absolute Gasteiger partial charge is 0.240 e. The van der Waals surface area contributed by atoms with Crippen LogP contribution in [0.25, 0.3) is 0 Å². The van der Waals surface area contributed by atoms with Gasteiger partial charge in [-0.1, -0.05) is 43.0 Å². The third kappa shape index (κ3) is 7.50. The van der Waals surface area contributed by atoms with Crippen LogP contribution in [0.2, 0.25) is 5.02 Å². The van der Waals surface area contributed by atoms with Gasteiger partial charge in [0.1, 0.15) is 12.7 Å². The quantitative estimate of drug-likeness (QED) is 0.451. The molecule has 0 unspecified atom stereocenters. The average molecular weight is 583 g/mol. The van der Waals surface area contributed by atoms with E-state index in [0.717, 1.165) is 63.7 Å². The highest BCUT2D eigenvalue weighted by molar-refractivity contribution is 6.30. The van der Waals surface area contributed by atoms with Crippen LogP contribution in [0.3, 0.4) is 0 Å². The van der Waals surface area contributed by atoms with Crippen molar-refractivity contribution in [2.45, 2.75) is 95.7 Å². The number of carbonyl (C=O) groups is 2. The minimum Gasteiger partial charge on any atom is -0.349 e. The summed E-state index contributed by atoms with van der Waals surface area (Å²) in [5.41, 5.74) is 1.28. The van der Waals surface area contributed by atoms with Crippen molar-refractivity contribution in [3.63, 3.8) is 0 Å².